The summed E-state index contributed by atoms with van der Waals surface area (Å²) in [5.74, 6) is -0.895. The molecule has 0 bridgehead atoms. The number of fused-ring (bicyclic) bond motifs is 2. The molecule has 7 rings (SSSR count). The van der Waals surface area contributed by atoms with Gasteiger partial charge < -0.3 is 24.6 Å². The number of nitrogens with zero attached hydrogens (tertiary/aromatic N) is 5. The quantitative estimate of drug-likeness (QED) is 0.214. The van der Waals surface area contributed by atoms with Crippen molar-refractivity contribution >= 4 is 39.1 Å². The van der Waals surface area contributed by atoms with E-state index in [0.29, 0.717) is 56.1 Å². The Morgan fingerprint density at radius 2 is 2.04 bits per heavy atom. The highest BCUT2D eigenvalue weighted by atomic mass is 32.1. The molecular weight excluding hydrogens is 614 g/mol. The molecule has 1 atom stereocenters. The van der Waals surface area contributed by atoms with E-state index < -0.39 is 11.6 Å². The van der Waals surface area contributed by atoms with Crippen molar-refractivity contribution in [2.75, 3.05) is 51.4 Å². The number of carbonyl (C=O) groups excluding carboxylic acids is 2. The lowest BCUT2D eigenvalue weighted by Crippen LogP contribution is -2.61. The maximum Gasteiger partial charge on any atom is 0.246 e. The minimum atomic E-state index is -0.783. The number of carbonyl (C=O) groups is 2. The largest absolute Gasteiger partial charge is 0.490 e. The second-order valence-corrected chi connectivity index (χ2v) is 13.1. The molecule has 4 aromatic rings. The van der Waals surface area contributed by atoms with Crippen LogP contribution >= 0.6 is 11.3 Å². The molecule has 10 nitrogen and oxygen atoms in total. The Morgan fingerprint density at radius 1 is 1.22 bits per heavy atom. The third-order valence-electron chi connectivity index (χ3n) is 9.23. The van der Waals surface area contributed by atoms with Gasteiger partial charge in [0.25, 0.3) is 0 Å². The second-order valence-electron chi connectivity index (χ2n) is 12.1. The number of methoxy groups -OCH3 is 1. The summed E-state index contributed by atoms with van der Waals surface area (Å²) in [6.45, 7) is 8.82. The Kier molecular flexibility index (Phi) is 7.76. The average molecular weight is 649 g/mol. The Morgan fingerprint density at radius 3 is 2.80 bits per heavy atom. The molecule has 2 amide bonds. The molecule has 13 heteroatoms. The number of piperidine rings is 1. The van der Waals surface area contributed by atoms with Gasteiger partial charge in [0.05, 0.1) is 30.5 Å². The van der Waals surface area contributed by atoms with Crippen LogP contribution in [0.2, 0.25) is 0 Å². The van der Waals surface area contributed by atoms with Gasteiger partial charge in [-0.2, -0.15) is 5.10 Å². The summed E-state index contributed by atoms with van der Waals surface area (Å²) in [5, 5.41) is 10.6. The summed E-state index contributed by atoms with van der Waals surface area (Å²) in [5.41, 5.74) is 2.16. The number of aromatic nitrogens is 3. The number of anilines is 1. The van der Waals surface area contributed by atoms with Crippen LogP contribution in [-0.2, 0) is 20.9 Å². The van der Waals surface area contributed by atoms with Crippen LogP contribution in [0.1, 0.15) is 31.5 Å². The number of amides is 2. The van der Waals surface area contributed by atoms with Gasteiger partial charge in [-0.15, -0.1) is 11.3 Å². The fourth-order valence-electron chi connectivity index (χ4n) is 6.99. The zero-order valence-corrected chi connectivity index (χ0v) is 26.5. The molecular formula is C33H34F2N6O4S. The lowest BCUT2D eigenvalue weighted by molar-refractivity contribution is -0.129. The topological polar surface area (TPSA) is 102 Å². The SMILES string of the molecule is C=CC(=O)N1CCn2nc(-c3nc(N4CC5(CCNC(=O)C5)C4)c4ccsc4c3-c3c(F)cc(F)cc3OCCOC)cc2C1C. The molecule has 2 saturated heterocycles. The van der Waals surface area contributed by atoms with Gasteiger partial charge in [-0.25, -0.2) is 13.8 Å². The summed E-state index contributed by atoms with van der Waals surface area (Å²) in [6, 6.07) is 5.59. The maximum atomic E-state index is 16.0. The molecule has 3 aliphatic rings. The summed E-state index contributed by atoms with van der Waals surface area (Å²) in [4.78, 5) is 33.9. The van der Waals surface area contributed by atoms with E-state index in [2.05, 4.69) is 16.8 Å². The number of ether oxygens (including phenoxy) is 2. The summed E-state index contributed by atoms with van der Waals surface area (Å²) < 4.78 is 44.3. The van der Waals surface area contributed by atoms with Gasteiger partial charge in [0.1, 0.15) is 41.2 Å². The maximum absolute atomic E-state index is 16.0. The van der Waals surface area contributed by atoms with Crippen molar-refractivity contribution in [2.45, 2.75) is 32.4 Å². The van der Waals surface area contributed by atoms with E-state index in [9.17, 15) is 14.0 Å². The van der Waals surface area contributed by atoms with E-state index in [1.807, 2.05) is 29.1 Å². The summed E-state index contributed by atoms with van der Waals surface area (Å²) in [7, 11) is 1.53. The highest BCUT2D eigenvalue weighted by Crippen LogP contribution is 2.50. The number of benzene rings is 1. The number of nitrogens with one attached hydrogen (secondary N) is 1. The zero-order chi connectivity index (χ0) is 32.2. The molecule has 1 spiro atoms. The molecule has 46 heavy (non-hydrogen) atoms. The van der Waals surface area contributed by atoms with E-state index in [1.54, 1.807) is 4.90 Å². The smallest absolute Gasteiger partial charge is 0.246 e. The first-order valence-electron chi connectivity index (χ1n) is 15.3. The molecule has 0 saturated carbocycles. The molecule has 3 aliphatic heterocycles. The minimum absolute atomic E-state index is 0.0382. The van der Waals surface area contributed by atoms with Crippen LogP contribution in [0.5, 0.6) is 5.75 Å². The zero-order valence-electron chi connectivity index (χ0n) is 25.6. The first-order valence-corrected chi connectivity index (χ1v) is 16.1. The van der Waals surface area contributed by atoms with Gasteiger partial charge in [0.15, 0.2) is 0 Å². The van der Waals surface area contributed by atoms with Crippen molar-refractivity contribution < 1.29 is 27.8 Å². The fourth-order valence-corrected chi connectivity index (χ4v) is 7.93. The van der Waals surface area contributed by atoms with Gasteiger partial charge >= 0.3 is 0 Å². The molecule has 2 fully saturated rings. The highest BCUT2D eigenvalue weighted by molar-refractivity contribution is 7.18. The van der Waals surface area contributed by atoms with Crippen LogP contribution in [0.15, 0.2) is 42.3 Å². The monoisotopic (exact) mass is 648 g/mol. The van der Waals surface area contributed by atoms with Crippen LogP contribution in [0.3, 0.4) is 0 Å². The Bertz CT molecular complexity index is 1870. The first-order chi connectivity index (χ1) is 22.2. The van der Waals surface area contributed by atoms with Gasteiger partial charge in [0, 0.05) is 72.9 Å². The highest BCUT2D eigenvalue weighted by Gasteiger charge is 2.47. The Labute approximate surface area is 268 Å². The molecule has 0 radical (unpaired) electrons. The van der Waals surface area contributed by atoms with Crippen molar-refractivity contribution in [2.24, 2.45) is 5.41 Å². The fraction of sp³-hybridized carbons (Fsp3) is 0.394. The van der Waals surface area contributed by atoms with Gasteiger partial charge in [-0.05, 0) is 36.9 Å². The van der Waals surface area contributed by atoms with E-state index in [1.165, 1.54) is 30.6 Å². The molecule has 240 valence electrons. The van der Waals surface area contributed by atoms with Crippen molar-refractivity contribution in [3.8, 4) is 28.3 Å². The predicted octanol–water partition coefficient (Wildman–Crippen LogP) is 4.94. The normalized spacial score (nSPS) is 18.8. The van der Waals surface area contributed by atoms with Crippen molar-refractivity contribution in [3.05, 3.63) is 59.6 Å². The van der Waals surface area contributed by atoms with E-state index >= 15 is 4.39 Å². The lowest BCUT2D eigenvalue weighted by atomic mass is 9.72. The molecule has 1 N–H and O–H groups in total. The van der Waals surface area contributed by atoms with E-state index in [4.69, 9.17) is 19.6 Å². The van der Waals surface area contributed by atoms with Gasteiger partial charge in [-0.1, -0.05) is 6.58 Å². The number of hydrogen-bond donors (Lipinski definition) is 1. The molecule has 1 aromatic carbocycles. The van der Waals surface area contributed by atoms with E-state index in [-0.39, 0.29) is 47.8 Å². The van der Waals surface area contributed by atoms with Crippen molar-refractivity contribution in [3.63, 3.8) is 0 Å². The first kappa shape index (κ1) is 30.3. The molecule has 6 heterocycles. The number of rotatable bonds is 8. The van der Waals surface area contributed by atoms with Gasteiger partial charge in [-0.3, -0.25) is 14.3 Å². The van der Waals surface area contributed by atoms with E-state index in [0.717, 1.165) is 34.1 Å². The standard InChI is InChI=1S/C33H34F2N6O4S/c1-4-27(43)40-8-9-41-24(19(40)2)15-23(38-41)30-29(28-22(35)13-20(34)14-25(28)45-11-10-44-3)31-21(5-12-46-31)32(37-30)39-17-33(18-39)6-7-36-26(42)16-33/h4-5,12-15,19H,1,6-11,16-18H2,2-3H3,(H,36,42). The van der Waals surface area contributed by atoms with Crippen LogP contribution in [0.4, 0.5) is 14.6 Å². The molecule has 1 unspecified atom stereocenters. The van der Waals surface area contributed by atoms with Crippen LogP contribution < -0.4 is 15.0 Å². The predicted molar refractivity (Wildman–Crippen MR) is 171 cm³/mol. The minimum Gasteiger partial charge on any atom is -0.490 e. The average Bonchev–Trinajstić information content (AvgIpc) is 3.68. The summed E-state index contributed by atoms with van der Waals surface area (Å²) in [6.07, 6.45) is 2.66. The molecule has 3 aromatic heterocycles. The number of thiophene rings is 1. The molecule has 0 aliphatic carbocycles. The van der Waals surface area contributed by atoms with Crippen molar-refractivity contribution in [1.29, 1.82) is 0 Å². The second kappa shape index (κ2) is 11.8. The third kappa shape index (κ3) is 5.11. The van der Waals surface area contributed by atoms with Crippen molar-refractivity contribution in [1.82, 2.24) is 25.0 Å². The number of pyridine rings is 1. The number of halogens is 2. The Hall–Kier alpha value is -4.36. The Balaban J connectivity index is 1.41. The van der Waals surface area contributed by atoms with Crippen LogP contribution in [0, 0.1) is 17.0 Å². The van der Waals surface area contributed by atoms with Crippen LogP contribution in [0.25, 0.3) is 32.6 Å². The van der Waals surface area contributed by atoms with Crippen LogP contribution in [-0.4, -0.2) is 78.0 Å². The third-order valence-corrected chi connectivity index (χ3v) is 10.2. The lowest BCUT2D eigenvalue weighted by Gasteiger charge is -2.52. The van der Waals surface area contributed by atoms with Gasteiger partial charge in [0.2, 0.25) is 11.8 Å². The summed E-state index contributed by atoms with van der Waals surface area (Å²) >= 11 is 1.43. The number of hydrogen-bond acceptors (Lipinski definition) is 8.